The van der Waals surface area contributed by atoms with Gasteiger partial charge < -0.3 is 9.84 Å². The molecule has 4 aromatic rings. The summed E-state index contributed by atoms with van der Waals surface area (Å²) < 4.78 is 6.79. The van der Waals surface area contributed by atoms with Gasteiger partial charge in [-0.2, -0.15) is 5.10 Å². The van der Waals surface area contributed by atoms with Gasteiger partial charge >= 0.3 is 0 Å². The Labute approximate surface area is 148 Å². The van der Waals surface area contributed by atoms with Gasteiger partial charge in [0, 0.05) is 60.8 Å². The number of aryl methyl sites for hydroxylation is 1. The summed E-state index contributed by atoms with van der Waals surface area (Å²) in [6.45, 7) is 0.533. The summed E-state index contributed by atoms with van der Waals surface area (Å²) >= 11 is 1.52. The van der Waals surface area contributed by atoms with Crippen LogP contribution in [-0.2, 0) is 11.8 Å². The molecule has 4 heterocycles. The average Bonchev–Trinajstić information content (AvgIpc) is 3.20. The summed E-state index contributed by atoms with van der Waals surface area (Å²) in [7, 11) is 3.52. The van der Waals surface area contributed by atoms with E-state index in [0.717, 1.165) is 37.4 Å². The van der Waals surface area contributed by atoms with Crippen molar-refractivity contribution < 1.29 is 9.84 Å². The first-order valence-electron chi connectivity index (χ1n) is 8.01. The van der Waals surface area contributed by atoms with Gasteiger partial charge in [-0.25, -0.2) is 9.97 Å². The smallest absolute Gasteiger partial charge is 0.181 e. The predicted molar refractivity (Wildman–Crippen MR) is 98.6 cm³/mol. The van der Waals surface area contributed by atoms with E-state index in [4.69, 9.17) is 9.72 Å². The second kappa shape index (κ2) is 6.51. The fourth-order valence-electron chi connectivity index (χ4n) is 2.81. The van der Waals surface area contributed by atoms with Crippen molar-refractivity contribution in [2.24, 2.45) is 7.05 Å². The Bertz CT molecular complexity index is 1040. The summed E-state index contributed by atoms with van der Waals surface area (Å²) in [6, 6.07) is 8.07. The van der Waals surface area contributed by atoms with Crippen molar-refractivity contribution in [2.45, 2.75) is 12.5 Å². The molecule has 25 heavy (non-hydrogen) atoms. The maximum Gasteiger partial charge on any atom is 0.181 e. The Hall–Kier alpha value is -2.35. The second-order valence-electron chi connectivity index (χ2n) is 5.98. The standard InChI is InChI=1S/C18H18N4O2S/c1-22-10-13-7-12(9-19-17(13)21-22)14-4-3-11-8-16(25-18(11)20-14)15(23)5-6-24-2/h3-4,7-10,15,23H,5-6H2,1-2H3. The molecule has 0 spiro atoms. The van der Waals surface area contributed by atoms with E-state index in [0.29, 0.717) is 13.0 Å². The molecule has 7 heteroatoms. The number of pyridine rings is 2. The highest BCUT2D eigenvalue weighted by atomic mass is 32.1. The van der Waals surface area contributed by atoms with Crippen molar-refractivity contribution >= 4 is 32.6 Å². The zero-order valence-corrected chi connectivity index (χ0v) is 14.8. The lowest BCUT2D eigenvalue weighted by Crippen LogP contribution is -1.99. The molecule has 0 saturated heterocycles. The zero-order valence-electron chi connectivity index (χ0n) is 14.0. The largest absolute Gasteiger partial charge is 0.387 e. The SMILES string of the molecule is COCCC(O)c1cc2ccc(-c3cnc4nn(C)cc4c3)nc2s1. The van der Waals surface area contributed by atoms with E-state index in [2.05, 4.69) is 10.1 Å². The van der Waals surface area contributed by atoms with Crippen LogP contribution in [0, 0.1) is 0 Å². The molecule has 128 valence electrons. The van der Waals surface area contributed by atoms with Crippen LogP contribution in [-0.4, -0.2) is 38.6 Å². The highest BCUT2D eigenvalue weighted by molar-refractivity contribution is 7.18. The average molecular weight is 354 g/mol. The number of aliphatic hydroxyl groups excluding tert-OH is 1. The molecule has 0 aliphatic carbocycles. The van der Waals surface area contributed by atoms with Crippen LogP contribution >= 0.6 is 11.3 Å². The van der Waals surface area contributed by atoms with Crippen molar-refractivity contribution in [3.05, 3.63) is 41.5 Å². The first kappa shape index (κ1) is 16.1. The summed E-state index contributed by atoms with van der Waals surface area (Å²) in [6.07, 6.45) is 3.80. The fourth-order valence-corrected chi connectivity index (χ4v) is 3.86. The monoisotopic (exact) mass is 354 g/mol. The molecule has 0 aliphatic rings. The second-order valence-corrected chi connectivity index (χ2v) is 7.04. The minimum absolute atomic E-state index is 0.518. The molecule has 0 saturated carbocycles. The quantitative estimate of drug-likeness (QED) is 0.595. The van der Waals surface area contributed by atoms with Crippen LogP contribution in [0.4, 0.5) is 0 Å². The summed E-state index contributed by atoms with van der Waals surface area (Å²) in [5.41, 5.74) is 2.55. The Morgan fingerprint density at radius 1 is 1.28 bits per heavy atom. The van der Waals surface area contributed by atoms with Crippen LogP contribution in [0.15, 0.2) is 36.7 Å². The lowest BCUT2D eigenvalue weighted by atomic mass is 10.1. The molecule has 6 nitrogen and oxygen atoms in total. The Morgan fingerprint density at radius 2 is 2.16 bits per heavy atom. The van der Waals surface area contributed by atoms with Crippen LogP contribution in [0.2, 0.25) is 0 Å². The van der Waals surface area contributed by atoms with E-state index in [-0.39, 0.29) is 0 Å². The van der Waals surface area contributed by atoms with E-state index >= 15 is 0 Å². The normalized spacial score (nSPS) is 12.9. The van der Waals surface area contributed by atoms with E-state index in [1.807, 2.05) is 37.5 Å². The maximum atomic E-state index is 10.2. The van der Waals surface area contributed by atoms with Crippen molar-refractivity contribution in [2.75, 3.05) is 13.7 Å². The summed E-state index contributed by atoms with van der Waals surface area (Å²) in [5, 5.41) is 16.6. The third-order valence-corrected chi connectivity index (χ3v) is 5.24. The van der Waals surface area contributed by atoms with E-state index in [9.17, 15) is 5.11 Å². The first-order valence-corrected chi connectivity index (χ1v) is 8.83. The number of rotatable bonds is 5. The lowest BCUT2D eigenvalue weighted by Gasteiger charge is -2.06. The molecule has 0 bridgehead atoms. The summed E-state index contributed by atoms with van der Waals surface area (Å²) in [4.78, 5) is 11.0. The van der Waals surface area contributed by atoms with Gasteiger partial charge in [0.15, 0.2) is 5.65 Å². The van der Waals surface area contributed by atoms with Crippen LogP contribution < -0.4 is 0 Å². The van der Waals surface area contributed by atoms with Crippen molar-refractivity contribution in [1.29, 1.82) is 0 Å². The van der Waals surface area contributed by atoms with Gasteiger partial charge in [0.1, 0.15) is 4.83 Å². The number of methoxy groups -OCH3 is 1. The minimum atomic E-state index is -0.518. The van der Waals surface area contributed by atoms with Crippen LogP contribution in [0.1, 0.15) is 17.4 Å². The van der Waals surface area contributed by atoms with Crippen molar-refractivity contribution in [1.82, 2.24) is 19.7 Å². The highest BCUT2D eigenvalue weighted by Gasteiger charge is 2.13. The first-order chi connectivity index (χ1) is 12.1. The molecule has 0 radical (unpaired) electrons. The molecule has 0 amide bonds. The highest BCUT2D eigenvalue weighted by Crippen LogP contribution is 2.32. The van der Waals surface area contributed by atoms with Gasteiger partial charge in [0.2, 0.25) is 0 Å². The molecule has 1 unspecified atom stereocenters. The minimum Gasteiger partial charge on any atom is -0.387 e. The van der Waals surface area contributed by atoms with E-state index in [1.165, 1.54) is 11.3 Å². The fraction of sp³-hybridized carbons (Fsp3) is 0.278. The molecule has 1 atom stereocenters. The molecular weight excluding hydrogens is 336 g/mol. The van der Waals surface area contributed by atoms with Gasteiger partial charge in [-0.3, -0.25) is 4.68 Å². The molecule has 4 rings (SSSR count). The number of aliphatic hydroxyl groups is 1. The number of fused-ring (bicyclic) bond motifs is 2. The molecule has 4 aromatic heterocycles. The molecule has 0 aliphatic heterocycles. The van der Waals surface area contributed by atoms with E-state index < -0.39 is 6.10 Å². The third-order valence-electron chi connectivity index (χ3n) is 4.10. The Morgan fingerprint density at radius 3 is 3.00 bits per heavy atom. The lowest BCUT2D eigenvalue weighted by molar-refractivity contribution is 0.113. The maximum absolute atomic E-state index is 10.2. The van der Waals surface area contributed by atoms with E-state index in [1.54, 1.807) is 18.0 Å². The van der Waals surface area contributed by atoms with Gasteiger partial charge in [0.05, 0.1) is 11.8 Å². The zero-order chi connectivity index (χ0) is 17.4. The van der Waals surface area contributed by atoms with Crippen LogP contribution in [0.25, 0.3) is 32.5 Å². The van der Waals surface area contributed by atoms with Gasteiger partial charge in [-0.1, -0.05) is 0 Å². The third kappa shape index (κ3) is 3.13. The van der Waals surface area contributed by atoms with Crippen LogP contribution in [0.3, 0.4) is 0 Å². The molecular formula is C18H18N4O2S. The molecule has 0 aromatic carbocycles. The van der Waals surface area contributed by atoms with Crippen LogP contribution in [0.5, 0.6) is 0 Å². The summed E-state index contributed by atoms with van der Waals surface area (Å²) in [5.74, 6) is 0. The Balaban J connectivity index is 1.69. The number of hydrogen-bond donors (Lipinski definition) is 1. The predicted octanol–water partition coefficient (Wildman–Crippen LogP) is 3.31. The van der Waals surface area contributed by atoms with Gasteiger partial charge in [-0.05, 0) is 24.3 Å². The van der Waals surface area contributed by atoms with Crippen molar-refractivity contribution in [3.63, 3.8) is 0 Å². The van der Waals surface area contributed by atoms with Gasteiger partial charge in [-0.15, -0.1) is 11.3 Å². The van der Waals surface area contributed by atoms with Gasteiger partial charge in [0.25, 0.3) is 0 Å². The number of ether oxygens (including phenoxy) is 1. The molecule has 0 fully saturated rings. The topological polar surface area (TPSA) is 73.1 Å². The number of hydrogen-bond acceptors (Lipinski definition) is 6. The van der Waals surface area contributed by atoms with Crippen molar-refractivity contribution in [3.8, 4) is 11.3 Å². The number of thiophene rings is 1. The number of aromatic nitrogens is 4. The number of nitrogens with zero attached hydrogens (tertiary/aromatic N) is 4. The molecule has 1 N–H and O–H groups in total. The Kier molecular flexibility index (Phi) is 4.20.